The summed E-state index contributed by atoms with van der Waals surface area (Å²) in [4.78, 5) is 4.53. The van der Waals surface area contributed by atoms with Crippen molar-refractivity contribution in [3.63, 3.8) is 0 Å². The number of hydrogen-bond donors (Lipinski definition) is 1. The number of likely N-dealkylation sites (N-methyl/N-ethyl adjacent to an activating group) is 1. The molecule has 0 fully saturated rings. The first-order valence-corrected chi connectivity index (χ1v) is 6.69. The van der Waals surface area contributed by atoms with Crippen LogP contribution in [0.2, 0.25) is 0 Å². The molecule has 1 aromatic heterocycles. The molecule has 1 N–H and O–H groups in total. The molecule has 0 saturated heterocycles. The average molecular weight is 226 g/mol. The second kappa shape index (κ2) is 6.23. The second-order valence-corrected chi connectivity index (χ2v) is 5.08. The van der Waals surface area contributed by atoms with Gasteiger partial charge in [-0.05, 0) is 19.4 Å². The Kier molecular flexibility index (Phi) is 5.26. The maximum atomic E-state index is 4.53. The quantitative estimate of drug-likeness (QED) is 0.806. The molecule has 0 spiro atoms. The lowest BCUT2D eigenvalue weighted by Crippen LogP contribution is -2.36. The number of rotatable bonds is 6. The van der Waals surface area contributed by atoms with Crippen molar-refractivity contribution in [3.8, 4) is 0 Å². The molecule has 1 rings (SSSR count). The molecule has 15 heavy (non-hydrogen) atoms. The largest absolute Gasteiger partial charge is 0.314 e. The van der Waals surface area contributed by atoms with E-state index in [0.717, 1.165) is 18.7 Å². The fourth-order valence-corrected chi connectivity index (χ4v) is 2.54. The fourth-order valence-electron chi connectivity index (χ4n) is 1.71. The summed E-state index contributed by atoms with van der Waals surface area (Å²) in [6.07, 6.45) is 2.30. The van der Waals surface area contributed by atoms with Gasteiger partial charge in [0.05, 0.1) is 5.01 Å². The topological polar surface area (TPSA) is 24.9 Å². The Balaban J connectivity index is 2.57. The van der Waals surface area contributed by atoms with Gasteiger partial charge in [0, 0.05) is 23.5 Å². The fraction of sp³-hybridized carbons (Fsp3) is 0.750. The molecule has 0 aliphatic rings. The Bertz CT molecular complexity index is 283. The molecule has 86 valence electrons. The van der Waals surface area contributed by atoms with Gasteiger partial charge in [0.25, 0.3) is 0 Å². The van der Waals surface area contributed by atoms with Crippen LogP contribution in [-0.2, 0) is 6.42 Å². The average Bonchev–Trinajstić information content (AvgIpc) is 2.62. The molecule has 0 radical (unpaired) electrons. The zero-order valence-corrected chi connectivity index (χ0v) is 11.0. The number of nitrogens with zero attached hydrogens (tertiary/aromatic N) is 1. The van der Waals surface area contributed by atoms with E-state index in [2.05, 4.69) is 43.4 Å². The highest BCUT2D eigenvalue weighted by Crippen LogP contribution is 2.16. The Labute approximate surface area is 97.1 Å². The summed E-state index contributed by atoms with van der Waals surface area (Å²) in [5.41, 5.74) is 1.15. The summed E-state index contributed by atoms with van der Waals surface area (Å²) >= 11 is 1.78. The lowest BCUT2D eigenvalue weighted by Gasteiger charge is -2.22. The highest BCUT2D eigenvalue weighted by Gasteiger charge is 2.16. The zero-order chi connectivity index (χ0) is 11.3. The molecule has 2 atom stereocenters. The monoisotopic (exact) mass is 226 g/mol. The Morgan fingerprint density at radius 3 is 2.67 bits per heavy atom. The maximum absolute atomic E-state index is 4.53. The summed E-state index contributed by atoms with van der Waals surface area (Å²) in [5, 5.41) is 6.95. The molecule has 0 aliphatic heterocycles. The Hall–Kier alpha value is -0.410. The molecular formula is C12H22N2S. The van der Waals surface area contributed by atoms with Crippen molar-refractivity contribution in [3.05, 3.63) is 16.1 Å². The third-order valence-electron chi connectivity index (χ3n) is 2.86. The highest BCUT2D eigenvalue weighted by atomic mass is 32.1. The lowest BCUT2D eigenvalue weighted by molar-refractivity contribution is 0.370. The van der Waals surface area contributed by atoms with Gasteiger partial charge in [-0.25, -0.2) is 4.98 Å². The number of aryl methyl sites for hydroxylation is 1. The predicted octanol–water partition coefficient (Wildman–Crippen LogP) is 3.02. The van der Waals surface area contributed by atoms with E-state index in [-0.39, 0.29) is 0 Å². The van der Waals surface area contributed by atoms with Gasteiger partial charge in [0.2, 0.25) is 0 Å². The number of thiazole rings is 1. The minimum atomic E-state index is 0.575. The van der Waals surface area contributed by atoms with Gasteiger partial charge in [-0.2, -0.15) is 0 Å². The Morgan fingerprint density at radius 2 is 2.20 bits per heavy atom. The van der Waals surface area contributed by atoms with Gasteiger partial charge >= 0.3 is 0 Å². The van der Waals surface area contributed by atoms with E-state index < -0.39 is 0 Å². The van der Waals surface area contributed by atoms with Gasteiger partial charge in [0.15, 0.2) is 0 Å². The van der Waals surface area contributed by atoms with Crippen LogP contribution in [0.15, 0.2) is 5.38 Å². The van der Waals surface area contributed by atoms with Crippen molar-refractivity contribution in [1.82, 2.24) is 10.3 Å². The van der Waals surface area contributed by atoms with Gasteiger partial charge in [-0.1, -0.05) is 27.2 Å². The molecular weight excluding hydrogens is 204 g/mol. The molecule has 3 heteroatoms. The predicted molar refractivity (Wildman–Crippen MR) is 67.5 cm³/mol. The number of nitrogens with one attached hydrogen (secondary N) is 1. The Morgan fingerprint density at radius 1 is 1.47 bits per heavy atom. The summed E-state index contributed by atoms with van der Waals surface area (Å²) in [6, 6.07) is 0.575. The van der Waals surface area contributed by atoms with Crippen LogP contribution in [-0.4, -0.2) is 17.6 Å². The van der Waals surface area contributed by atoms with Gasteiger partial charge < -0.3 is 5.32 Å². The van der Waals surface area contributed by atoms with Gasteiger partial charge in [0.1, 0.15) is 0 Å². The van der Waals surface area contributed by atoms with Crippen molar-refractivity contribution < 1.29 is 0 Å². The SMILES string of the molecule is CCNC(Cc1nc(C)cs1)C(C)CC. The van der Waals surface area contributed by atoms with Crippen molar-refractivity contribution in [2.24, 2.45) is 5.92 Å². The molecule has 1 aromatic rings. The molecule has 0 saturated carbocycles. The van der Waals surface area contributed by atoms with Crippen LogP contribution >= 0.6 is 11.3 Å². The third-order valence-corrected chi connectivity index (χ3v) is 3.85. The normalized spacial score (nSPS) is 15.2. The van der Waals surface area contributed by atoms with E-state index in [9.17, 15) is 0 Å². The van der Waals surface area contributed by atoms with Crippen molar-refractivity contribution in [2.45, 2.75) is 46.6 Å². The summed E-state index contributed by atoms with van der Waals surface area (Å²) in [6.45, 7) is 9.84. The molecule has 0 bridgehead atoms. The minimum absolute atomic E-state index is 0.575. The van der Waals surface area contributed by atoms with Gasteiger partial charge in [-0.15, -0.1) is 11.3 Å². The van der Waals surface area contributed by atoms with Gasteiger partial charge in [-0.3, -0.25) is 0 Å². The van der Waals surface area contributed by atoms with Crippen molar-refractivity contribution in [1.29, 1.82) is 0 Å². The smallest absolute Gasteiger partial charge is 0.0943 e. The van der Waals surface area contributed by atoms with E-state index >= 15 is 0 Å². The highest BCUT2D eigenvalue weighted by molar-refractivity contribution is 7.09. The van der Waals surface area contributed by atoms with E-state index in [4.69, 9.17) is 0 Å². The summed E-state index contributed by atoms with van der Waals surface area (Å²) < 4.78 is 0. The zero-order valence-electron chi connectivity index (χ0n) is 10.2. The second-order valence-electron chi connectivity index (χ2n) is 4.14. The number of hydrogen-bond acceptors (Lipinski definition) is 3. The van der Waals surface area contributed by atoms with E-state index in [1.165, 1.54) is 11.4 Å². The first-order chi connectivity index (χ1) is 7.17. The van der Waals surface area contributed by atoms with Crippen LogP contribution in [0.4, 0.5) is 0 Å². The first-order valence-electron chi connectivity index (χ1n) is 5.81. The van der Waals surface area contributed by atoms with Crippen LogP contribution < -0.4 is 5.32 Å². The molecule has 0 aliphatic carbocycles. The van der Waals surface area contributed by atoms with E-state index in [1.54, 1.807) is 11.3 Å². The van der Waals surface area contributed by atoms with Crippen LogP contribution in [0.3, 0.4) is 0 Å². The minimum Gasteiger partial charge on any atom is -0.314 e. The first kappa shape index (κ1) is 12.7. The summed E-state index contributed by atoms with van der Waals surface area (Å²) in [7, 11) is 0. The third kappa shape index (κ3) is 3.92. The van der Waals surface area contributed by atoms with Crippen LogP contribution in [0.25, 0.3) is 0 Å². The molecule has 0 aromatic carbocycles. The maximum Gasteiger partial charge on any atom is 0.0943 e. The van der Waals surface area contributed by atoms with Crippen LogP contribution in [0.1, 0.15) is 37.9 Å². The molecule has 0 amide bonds. The molecule has 2 unspecified atom stereocenters. The van der Waals surface area contributed by atoms with Crippen molar-refractivity contribution in [2.75, 3.05) is 6.54 Å². The number of aromatic nitrogens is 1. The van der Waals surface area contributed by atoms with E-state index in [1.807, 2.05) is 0 Å². The standard InChI is InChI=1S/C12H22N2S/c1-5-9(3)11(13-6-2)7-12-14-10(4)8-15-12/h8-9,11,13H,5-7H2,1-4H3. The molecule has 2 nitrogen and oxygen atoms in total. The van der Waals surface area contributed by atoms with E-state index in [0.29, 0.717) is 12.0 Å². The lowest BCUT2D eigenvalue weighted by atomic mass is 9.96. The van der Waals surface area contributed by atoms with Crippen LogP contribution in [0.5, 0.6) is 0 Å². The molecule has 1 heterocycles. The van der Waals surface area contributed by atoms with Crippen LogP contribution in [0, 0.1) is 12.8 Å². The summed E-state index contributed by atoms with van der Waals surface area (Å²) in [5.74, 6) is 0.717. The van der Waals surface area contributed by atoms with Crippen molar-refractivity contribution >= 4 is 11.3 Å².